The lowest BCUT2D eigenvalue weighted by atomic mass is 9.96. The molecule has 1 fully saturated rings. The van der Waals surface area contributed by atoms with Crippen LogP contribution in [0.1, 0.15) is 32.1 Å². The predicted octanol–water partition coefficient (Wildman–Crippen LogP) is 2.76. The van der Waals surface area contributed by atoms with Crippen LogP contribution >= 0.6 is 11.3 Å². The number of sulfonamides is 1. The number of thiophene rings is 1. The molecule has 0 aliphatic heterocycles. The second kappa shape index (κ2) is 5.90. The molecule has 3 rings (SSSR count). The lowest BCUT2D eigenvalue weighted by Gasteiger charge is -2.22. The van der Waals surface area contributed by atoms with Crippen molar-refractivity contribution >= 4 is 21.4 Å². The van der Waals surface area contributed by atoms with Crippen LogP contribution in [0.5, 0.6) is 0 Å². The average Bonchev–Trinajstić information content (AvgIpc) is 3.08. The van der Waals surface area contributed by atoms with Gasteiger partial charge in [-0.15, -0.1) is 11.3 Å². The van der Waals surface area contributed by atoms with E-state index in [4.69, 9.17) is 0 Å². The largest absolute Gasteiger partial charge is 0.268 e. The fraction of sp³-hybridized carbons (Fsp3) is 0.500. The second-order valence-corrected chi connectivity index (χ2v) is 8.30. The molecule has 114 valence electrons. The molecule has 0 bridgehead atoms. The van der Waals surface area contributed by atoms with Crippen molar-refractivity contribution in [2.45, 2.75) is 42.4 Å². The summed E-state index contributed by atoms with van der Waals surface area (Å²) in [7, 11) is -1.56. The van der Waals surface area contributed by atoms with Gasteiger partial charge in [0.2, 0.25) is 10.0 Å². The molecular formula is C14H19N3O2S2. The van der Waals surface area contributed by atoms with Gasteiger partial charge in [0.05, 0.1) is 5.69 Å². The minimum atomic E-state index is -3.40. The first kappa shape index (κ1) is 14.7. The molecule has 21 heavy (non-hydrogen) atoms. The van der Waals surface area contributed by atoms with E-state index in [1.165, 1.54) is 17.8 Å². The zero-order chi connectivity index (χ0) is 14.9. The number of hydrogen-bond donors (Lipinski definition) is 1. The van der Waals surface area contributed by atoms with Crippen LogP contribution in [-0.2, 0) is 17.1 Å². The molecule has 0 amide bonds. The van der Waals surface area contributed by atoms with Crippen molar-refractivity contribution in [3.05, 3.63) is 23.7 Å². The molecule has 1 aliphatic rings. The zero-order valence-corrected chi connectivity index (χ0v) is 13.6. The van der Waals surface area contributed by atoms with Crippen molar-refractivity contribution < 1.29 is 8.42 Å². The van der Waals surface area contributed by atoms with E-state index in [1.807, 2.05) is 18.5 Å². The maximum absolute atomic E-state index is 12.4. The third-order valence-corrected chi connectivity index (χ3v) is 6.84. The molecule has 0 unspecified atom stereocenters. The van der Waals surface area contributed by atoms with Gasteiger partial charge in [-0.1, -0.05) is 19.3 Å². The molecule has 2 heterocycles. The highest BCUT2D eigenvalue weighted by atomic mass is 32.2. The first-order valence-electron chi connectivity index (χ1n) is 7.15. The molecule has 0 saturated heterocycles. The molecule has 0 spiro atoms. The summed E-state index contributed by atoms with van der Waals surface area (Å²) in [5.41, 5.74) is 1.81. The molecule has 0 atom stereocenters. The Balaban J connectivity index is 1.80. The molecular weight excluding hydrogens is 306 g/mol. The lowest BCUT2D eigenvalue weighted by molar-refractivity contribution is 0.412. The Morgan fingerprint density at radius 2 is 2.10 bits per heavy atom. The van der Waals surface area contributed by atoms with Gasteiger partial charge >= 0.3 is 0 Å². The minimum absolute atomic E-state index is 0.0889. The van der Waals surface area contributed by atoms with Crippen molar-refractivity contribution in [1.29, 1.82) is 0 Å². The minimum Gasteiger partial charge on any atom is -0.268 e. The highest BCUT2D eigenvalue weighted by Gasteiger charge is 2.23. The molecule has 2 aromatic heterocycles. The van der Waals surface area contributed by atoms with Gasteiger partial charge in [0.1, 0.15) is 4.21 Å². The van der Waals surface area contributed by atoms with Gasteiger partial charge in [0, 0.05) is 30.2 Å². The fourth-order valence-electron chi connectivity index (χ4n) is 2.75. The monoisotopic (exact) mass is 325 g/mol. The molecule has 5 nitrogen and oxygen atoms in total. The van der Waals surface area contributed by atoms with E-state index in [1.54, 1.807) is 16.9 Å². The van der Waals surface area contributed by atoms with Crippen LogP contribution in [0.4, 0.5) is 0 Å². The van der Waals surface area contributed by atoms with Gasteiger partial charge in [0.15, 0.2) is 0 Å². The topological polar surface area (TPSA) is 64.0 Å². The van der Waals surface area contributed by atoms with E-state index in [0.29, 0.717) is 4.21 Å². The Morgan fingerprint density at radius 3 is 2.76 bits per heavy atom. The lowest BCUT2D eigenvalue weighted by Crippen LogP contribution is -2.35. The van der Waals surface area contributed by atoms with E-state index in [0.717, 1.165) is 36.9 Å². The number of nitrogens with one attached hydrogen (secondary N) is 1. The van der Waals surface area contributed by atoms with Crippen molar-refractivity contribution in [2.24, 2.45) is 7.05 Å². The van der Waals surface area contributed by atoms with Crippen LogP contribution < -0.4 is 4.72 Å². The number of aryl methyl sites for hydroxylation is 1. The standard InChI is InChI=1S/C14H19N3O2S2/c1-17-13(7-8-15-17)11-9-14(20-10-11)21(18,19)16-12-5-3-2-4-6-12/h7-10,12,16H,2-6H2,1H3. The number of nitrogens with zero attached hydrogens (tertiary/aromatic N) is 2. The highest BCUT2D eigenvalue weighted by molar-refractivity contribution is 7.91. The molecule has 7 heteroatoms. The van der Waals surface area contributed by atoms with Crippen LogP contribution in [0.25, 0.3) is 11.3 Å². The molecule has 1 saturated carbocycles. The molecule has 0 aromatic carbocycles. The molecule has 1 aliphatic carbocycles. The average molecular weight is 325 g/mol. The van der Waals surface area contributed by atoms with E-state index in [-0.39, 0.29) is 6.04 Å². The van der Waals surface area contributed by atoms with Gasteiger partial charge in [-0.3, -0.25) is 4.68 Å². The van der Waals surface area contributed by atoms with Crippen molar-refractivity contribution in [3.8, 4) is 11.3 Å². The Bertz CT molecular complexity index is 712. The van der Waals surface area contributed by atoms with Crippen LogP contribution in [0.15, 0.2) is 27.9 Å². The van der Waals surface area contributed by atoms with Gasteiger partial charge in [-0.05, 0) is 25.0 Å². The second-order valence-electron chi connectivity index (χ2n) is 5.45. The smallest absolute Gasteiger partial charge is 0.250 e. The summed E-state index contributed by atoms with van der Waals surface area (Å²) in [6, 6.07) is 3.70. The van der Waals surface area contributed by atoms with Gasteiger partial charge in [-0.2, -0.15) is 5.10 Å². The zero-order valence-electron chi connectivity index (χ0n) is 11.9. The summed E-state index contributed by atoms with van der Waals surface area (Å²) in [5, 5.41) is 5.98. The van der Waals surface area contributed by atoms with Crippen LogP contribution in [0.3, 0.4) is 0 Å². The molecule has 1 N–H and O–H groups in total. The first-order valence-corrected chi connectivity index (χ1v) is 9.52. The van der Waals surface area contributed by atoms with Crippen molar-refractivity contribution in [3.63, 3.8) is 0 Å². The Kier molecular flexibility index (Phi) is 4.14. The maximum Gasteiger partial charge on any atom is 0.250 e. The highest BCUT2D eigenvalue weighted by Crippen LogP contribution is 2.29. The van der Waals surface area contributed by atoms with E-state index in [2.05, 4.69) is 9.82 Å². The SMILES string of the molecule is Cn1nccc1-c1csc(S(=O)(=O)NC2CCCCC2)c1. The van der Waals surface area contributed by atoms with E-state index < -0.39 is 10.0 Å². The molecule has 2 aromatic rings. The van der Waals surface area contributed by atoms with Gasteiger partial charge < -0.3 is 0 Å². The van der Waals surface area contributed by atoms with Crippen LogP contribution in [0.2, 0.25) is 0 Å². The quantitative estimate of drug-likeness (QED) is 0.940. The fourth-order valence-corrected chi connectivity index (χ4v) is 5.24. The Hall–Kier alpha value is -1.18. The number of aromatic nitrogens is 2. The van der Waals surface area contributed by atoms with Gasteiger partial charge in [-0.25, -0.2) is 13.1 Å². The van der Waals surface area contributed by atoms with Crippen molar-refractivity contribution in [2.75, 3.05) is 0 Å². The summed E-state index contributed by atoms with van der Waals surface area (Å²) in [6.45, 7) is 0. The summed E-state index contributed by atoms with van der Waals surface area (Å²) < 4.78 is 29.9. The predicted molar refractivity (Wildman–Crippen MR) is 83.7 cm³/mol. The molecule has 0 radical (unpaired) electrons. The summed E-state index contributed by atoms with van der Waals surface area (Å²) >= 11 is 1.26. The van der Waals surface area contributed by atoms with E-state index in [9.17, 15) is 8.42 Å². The first-order chi connectivity index (χ1) is 10.1. The normalized spacial score (nSPS) is 17.2. The summed E-state index contributed by atoms with van der Waals surface area (Å²) in [4.78, 5) is 0. The number of hydrogen-bond acceptors (Lipinski definition) is 4. The Labute approximate surface area is 129 Å². The number of rotatable bonds is 4. The summed E-state index contributed by atoms with van der Waals surface area (Å²) in [5.74, 6) is 0. The van der Waals surface area contributed by atoms with Gasteiger partial charge in [0.25, 0.3) is 0 Å². The Morgan fingerprint density at radius 1 is 1.33 bits per heavy atom. The van der Waals surface area contributed by atoms with E-state index >= 15 is 0 Å². The van der Waals surface area contributed by atoms with Crippen LogP contribution in [0, 0.1) is 0 Å². The van der Waals surface area contributed by atoms with Crippen molar-refractivity contribution in [1.82, 2.24) is 14.5 Å². The third kappa shape index (κ3) is 3.20. The third-order valence-electron chi connectivity index (χ3n) is 3.88. The van der Waals surface area contributed by atoms with Crippen LogP contribution in [-0.4, -0.2) is 24.2 Å². The summed E-state index contributed by atoms with van der Waals surface area (Å²) in [6.07, 6.45) is 7.03. The maximum atomic E-state index is 12.4.